The van der Waals surface area contributed by atoms with Gasteiger partial charge in [-0.25, -0.2) is 0 Å². The minimum Gasteiger partial charge on any atom is -0.409 e. The lowest BCUT2D eigenvalue weighted by atomic mass is 9.91. The van der Waals surface area contributed by atoms with Crippen LogP contribution >= 0.6 is 7.60 Å². The lowest BCUT2D eigenvalue weighted by Crippen LogP contribution is -2.65. The Hall–Kier alpha value is -1.09. The average molecular weight is 644 g/mol. The maximum atomic E-state index is 13.4. The van der Waals surface area contributed by atoms with E-state index in [1.165, 1.54) is 5.82 Å². The van der Waals surface area contributed by atoms with E-state index >= 15 is 0 Å². The zero-order valence-corrected chi connectivity index (χ0v) is 30.5. The molecule has 41 heavy (non-hydrogen) atoms. The van der Waals surface area contributed by atoms with Gasteiger partial charge in [0.1, 0.15) is 18.3 Å². The molecule has 232 valence electrons. The molecule has 0 aliphatic carbocycles. The van der Waals surface area contributed by atoms with Gasteiger partial charge in [0, 0.05) is 22.8 Å². The highest BCUT2D eigenvalue weighted by molar-refractivity contribution is 7.57. The molecule has 1 saturated heterocycles. The summed E-state index contributed by atoms with van der Waals surface area (Å²) in [7, 11) is -9.73. The maximum Gasteiger partial charge on any atom is 0.353 e. The predicted octanol–water partition coefficient (Wildman–Crippen LogP) is 8.38. The molecule has 0 saturated carbocycles. The van der Waals surface area contributed by atoms with Crippen LogP contribution in [0.5, 0.6) is 0 Å². The van der Waals surface area contributed by atoms with Crippen molar-refractivity contribution in [1.29, 1.82) is 0 Å². The van der Waals surface area contributed by atoms with Crippen molar-refractivity contribution in [3.8, 4) is 0 Å². The average Bonchev–Trinajstić information content (AvgIpc) is 2.81. The standard InChI is InChI=1S/C27H50N3O7PSi3/c1-12-32-38(31,33-13-2)19-18-23-25(35-39(3,4)5)27(37-41(9,10)11)26(36-40(6,7)8)24(34-23)20-21-14-16-22(17-15-21)29-30-28/h14-19,23-27H,12-13,20H2,1-11H3/b19-18+/t23-,24-,25-,26-,27+/m1/s1. The Balaban J connectivity index is 2.65. The normalized spacial score (nSPS) is 24.4. The second kappa shape index (κ2) is 15.1. The van der Waals surface area contributed by atoms with Gasteiger partial charge >= 0.3 is 7.60 Å². The maximum absolute atomic E-state index is 13.4. The lowest BCUT2D eigenvalue weighted by molar-refractivity contribution is -0.193. The SMILES string of the molecule is CCOP(=O)(/C=C/[C@H]1O[C@H](Cc2ccc(N=[N+]=[N-])cc2)[C@@H](O[Si](C)(C)C)[C@@H](O[Si](C)(C)C)[C@@H]1O[Si](C)(C)C)OCC. The number of benzene rings is 1. The topological polar surface area (TPSA) is 121 Å². The third-order valence-corrected chi connectivity index (χ3v) is 10.5. The number of nitrogens with zero attached hydrogens (tertiary/aromatic N) is 3. The van der Waals surface area contributed by atoms with E-state index in [0.717, 1.165) is 5.56 Å². The summed E-state index contributed by atoms with van der Waals surface area (Å²) in [4.78, 5) is 2.87. The molecule has 1 aliphatic heterocycles. The third-order valence-electron chi connectivity index (χ3n) is 5.75. The molecule has 2 rings (SSSR count). The van der Waals surface area contributed by atoms with E-state index in [4.69, 9.17) is 32.6 Å². The molecule has 0 N–H and O–H groups in total. The number of ether oxygens (including phenoxy) is 1. The molecule has 5 atom stereocenters. The molecule has 14 heteroatoms. The van der Waals surface area contributed by atoms with E-state index < -0.39 is 50.9 Å². The highest BCUT2D eigenvalue weighted by Crippen LogP contribution is 2.50. The monoisotopic (exact) mass is 643 g/mol. The fourth-order valence-electron chi connectivity index (χ4n) is 4.55. The number of rotatable bonds is 15. The van der Waals surface area contributed by atoms with Crippen LogP contribution in [0.3, 0.4) is 0 Å². The highest BCUT2D eigenvalue weighted by Gasteiger charge is 2.50. The van der Waals surface area contributed by atoms with Crippen LogP contribution in [0, 0.1) is 0 Å². The molecule has 1 fully saturated rings. The van der Waals surface area contributed by atoms with Crippen molar-refractivity contribution in [3.05, 3.63) is 52.2 Å². The summed E-state index contributed by atoms with van der Waals surface area (Å²) in [6.45, 7) is 23.4. The van der Waals surface area contributed by atoms with Crippen molar-refractivity contribution in [2.45, 2.75) is 110 Å². The Labute approximate surface area is 249 Å². The van der Waals surface area contributed by atoms with Crippen LogP contribution in [-0.2, 0) is 38.0 Å². The molecule has 0 unspecified atom stereocenters. The first-order chi connectivity index (χ1) is 18.9. The lowest BCUT2D eigenvalue weighted by Gasteiger charge is -2.50. The fraction of sp³-hybridized carbons (Fsp3) is 0.704. The quantitative estimate of drug-likeness (QED) is 0.0619. The molecule has 0 spiro atoms. The number of hydrogen-bond donors (Lipinski definition) is 0. The Morgan fingerprint density at radius 2 is 1.34 bits per heavy atom. The zero-order valence-electron chi connectivity index (χ0n) is 26.6. The summed E-state index contributed by atoms with van der Waals surface area (Å²) in [6, 6.07) is 7.44. The molecule has 0 radical (unpaired) electrons. The van der Waals surface area contributed by atoms with Crippen LogP contribution in [0.25, 0.3) is 10.4 Å². The van der Waals surface area contributed by atoms with Gasteiger partial charge in [-0.1, -0.05) is 29.4 Å². The minimum atomic E-state index is -3.47. The Morgan fingerprint density at radius 3 is 1.80 bits per heavy atom. The van der Waals surface area contributed by atoms with E-state index in [-0.39, 0.29) is 25.4 Å². The Kier molecular flexibility index (Phi) is 13.3. The summed E-state index contributed by atoms with van der Waals surface area (Å²) in [5.41, 5.74) is 10.3. The summed E-state index contributed by atoms with van der Waals surface area (Å²) in [5, 5.41) is 3.69. The van der Waals surface area contributed by atoms with Crippen molar-refractivity contribution in [1.82, 2.24) is 0 Å². The van der Waals surface area contributed by atoms with Crippen molar-refractivity contribution < 1.29 is 31.6 Å². The molecule has 10 nitrogen and oxygen atoms in total. The first kappa shape index (κ1) is 36.1. The van der Waals surface area contributed by atoms with Gasteiger partial charge in [-0.15, -0.1) is 0 Å². The van der Waals surface area contributed by atoms with E-state index in [1.54, 1.807) is 32.1 Å². The van der Waals surface area contributed by atoms with Crippen molar-refractivity contribution in [3.63, 3.8) is 0 Å². The van der Waals surface area contributed by atoms with E-state index in [1.807, 2.05) is 12.1 Å². The van der Waals surface area contributed by atoms with Crippen LogP contribution in [0.4, 0.5) is 5.69 Å². The minimum absolute atomic E-state index is 0.254. The van der Waals surface area contributed by atoms with Crippen LogP contribution in [0.15, 0.2) is 41.3 Å². The molecular weight excluding hydrogens is 594 g/mol. The Bertz CT molecular complexity index is 1090. The smallest absolute Gasteiger partial charge is 0.353 e. The predicted molar refractivity (Wildman–Crippen MR) is 172 cm³/mol. The van der Waals surface area contributed by atoms with Crippen molar-refractivity contribution >= 4 is 38.2 Å². The summed E-state index contributed by atoms with van der Waals surface area (Å²) in [6.07, 6.45) is 0.0625. The second-order valence-electron chi connectivity index (χ2n) is 13.0. The van der Waals surface area contributed by atoms with Gasteiger partial charge in [-0.2, -0.15) is 0 Å². The van der Waals surface area contributed by atoms with Gasteiger partial charge in [0.2, 0.25) is 0 Å². The largest absolute Gasteiger partial charge is 0.409 e. The van der Waals surface area contributed by atoms with Gasteiger partial charge in [-0.3, -0.25) is 4.57 Å². The summed E-state index contributed by atoms with van der Waals surface area (Å²) in [5.74, 6) is 1.50. The molecule has 0 amide bonds. The second-order valence-corrected chi connectivity index (χ2v) is 28.3. The van der Waals surface area contributed by atoms with Gasteiger partial charge in [0.25, 0.3) is 0 Å². The van der Waals surface area contributed by atoms with E-state index in [0.29, 0.717) is 12.1 Å². The molecule has 0 aromatic heterocycles. The Morgan fingerprint density at radius 1 is 0.854 bits per heavy atom. The van der Waals surface area contributed by atoms with Crippen LogP contribution in [0.1, 0.15) is 19.4 Å². The molecule has 1 aromatic carbocycles. The summed E-state index contributed by atoms with van der Waals surface area (Å²) >= 11 is 0. The van der Waals surface area contributed by atoms with Crippen LogP contribution < -0.4 is 0 Å². The number of azide groups is 1. The van der Waals surface area contributed by atoms with E-state index in [2.05, 4.69) is 68.9 Å². The molecule has 1 aromatic rings. The first-order valence-electron chi connectivity index (χ1n) is 14.3. The zero-order chi connectivity index (χ0) is 31.1. The highest BCUT2D eigenvalue weighted by atomic mass is 31.2. The van der Waals surface area contributed by atoms with E-state index in [9.17, 15) is 4.57 Å². The molecule has 0 bridgehead atoms. The van der Waals surface area contributed by atoms with Crippen molar-refractivity contribution in [2.24, 2.45) is 5.11 Å². The number of hydrogen-bond acceptors (Lipinski definition) is 8. The first-order valence-corrected chi connectivity index (χ1v) is 26.1. The molecule has 1 heterocycles. The van der Waals surface area contributed by atoms with Gasteiger partial charge in [0.05, 0.1) is 25.4 Å². The van der Waals surface area contributed by atoms with Gasteiger partial charge in [0.15, 0.2) is 25.0 Å². The fourth-order valence-corrected chi connectivity index (χ4v) is 9.17. The molecular formula is C27H50N3O7PSi3. The van der Waals surface area contributed by atoms with Crippen LogP contribution in [0.2, 0.25) is 58.9 Å². The van der Waals surface area contributed by atoms with Crippen molar-refractivity contribution in [2.75, 3.05) is 13.2 Å². The summed E-state index contributed by atoms with van der Waals surface area (Å²) < 4.78 is 51.8. The van der Waals surface area contributed by atoms with Gasteiger partial charge in [-0.05, 0) is 89.9 Å². The van der Waals surface area contributed by atoms with Crippen LogP contribution in [-0.4, -0.2) is 68.7 Å². The molecule has 1 aliphatic rings. The van der Waals surface area contributed by atoms with Gasteiger partial charge < -0.3 is 27.1 Å². The third kappa shape index (κ3) is 12.6.